The lowest BCUT2D eigenvalue weighted by atomic mass is 10.2. The molecule has 35 heavy (non-hydrogen) atoms. The van der Waals surface area contributed by atoms with E-state index in [9.17, 15) is 20.0 Å². The number of imidazole rings is 1. The standard InChI is InChI=1S/C23H32ClN5O6/c1-23(2,3)35-22(31)27-11-4-10-26(13-14-27)17-5-7-19(8-6-17)34-16-18(30)9-12-28-15-20(29(32)33)25-21(28)24/h5-8,15,18,30H,4,9-14,16H2,1-3H3. The quantitative estimate of drug-likeness (QED) is 0.422. The van der Waals surface area contributed by atoms with Gasteiger partial charge in [-0.05, 0) is 79.4 Å². The van der Waals surface area contributed by atoms with Crippen LogP contribution in [0, 0.1) is 10.1 Å². The maximum Gasteiger partial charge on any atom is 0.410 e. The maximum atomic E-state index is 12.4. The molecule has 1 aliphatic rings. The monoisotopic (exact) mass is 509 g/mol. The van der Waals surface area contributed by atoms with Gasteiger partial charge in [0.2, 0.25) is 0 Å². The van der Waals surface area contributed by atoms with Crippen molar-refractivity contribution in [3.8, 4) is 5.75 Å². The number of amides is 1. The molecule has 11 nitrogen and oxygen atoms in total. The van der Waals surface area contributed by atoms with Crippen LogP contribution in [0.2, 0.25) is 5.28 Å². The van der Waals surface area contributed by atoms with Gasteiger partial charge in [-0.25, -0.2) is 4.79 Å². The minimum absolute atomic E-state index is 0.00290. The lowest BCUT2D eigenvalue weighted by Crippen LogP contribution is -2.39. The predicted molar refractivity (Wildman–Crippen MR) is 131 cm³/mol. The van der Waals surface area contributed by atoms with Gasteiger partial charge in [-0.3, -0.25) is 4.57 Å². The van der Waals surface area contributed by atoms with Crippen LogP contribution in [-0.4, -0.2) is 75.1 Å². The van der Waals surface area contributed by atoms with Gasteiger partial charge in [0.25, 0.3) is 0 Å². The average Bonchev–Trinajstić information content (AvgIpc) is 3.00. The summed E-state index contributed by atoms with van der Waals surface area (Å²) in [6.07, 6.45) is 1.32. The van der Waals surface area contributed by atoms with E-state index in [2.05, 4.69) is 9.88 Å². The molecule has 12 heteroatoms. The third kappa shape index (κ3) is 8.00. The first-order chi connectivity index (χ1) is 16.5. The highest BCUT2D eigenvalue weighted by molar-refractivity contribution is 6.28. The second-order valence-corrected chi connectivity index (χ2v) is 9.71. The van der Waals surface area contributed by atoms with E-state index in [4.69, 9.17) is 21.1 Å². The van der Waals surface area contributed by atoms with Crippen molar-refractivity contribution in [3.63, 3.8) is 0 Å². The Morgan fingerprint density at radius 3 is 2.57 bits per heavy atom. The summed E-state index contributed by atoms with van der Waals surface area (Å²) in [7, 11) is 0. The largest absolute Gasteiger partial charge is 0.491 e. The highest BCUT2D eigenvalue weighted by atomic mass is 35.5. The van der Waals surface area contributed by atoms with Crippen LogP contribution >= 0.6 is 11.6 Å². The Balaban J connectivity index is 1.45. The molecule has 1 fully saturated rings. The smallest absolute Gasteiger partial charge is 0.410 e. The second kappa shape index (κ2) is 11.6. The van der Waals surface area contributed by atoms with Gasteiger partial charge in [-0.2, -0.15) is 0 Å². The van der Waals surface area contributed by atoms with E-state index in [1.807, 2.05) is 45.0 Å². The summed E-state index contributed by atoms with van der Waals surface area (Å²) in [5, 5.41) is 21.0. The van der Waals surface area contributed by atoms with Crippen LogP contribution in [0.5, 0.6) is 5.75 Å². The molecule has 2 aromatic rings. The molecule has 192 valence electrons. The molecule has 0 spiro atoms. The first kappa shape index (κ1) is 26.6. The third-order valence-electron chi connectivity index (χ3n) is 5.40. The van der Waals surface area contributed by atoms with Crippen LogP contribution in [0.25, 0.3) is 0 Å². The van der Waals surface area contributed by atoms with Crippen molar-refractivity contribution in [2.75, 3.05) is 37.7 Å². The van der Waals surface area contributed by atoms with E-state index in [0.29, 0.717) is 31.8 Å². The van der Waals surface area contributed by atoms with E-state index in [0.717, 1.165) is 18.7 Å². The number of hydrogen-bond donors (Lipinski definition) is 1. The Bertz CT molecular complexity index is 1010. The molecule has 1 aromatic carbocycles. The lowest BCUT2D eigenvalue weighted by molar-refractivity contribution is -0.389. The molecule has 1 amide bonds. The van der Waals surface area contributed by atoms with Crippen LogP contribution in [0.4, 0.5) is 16.3 Å². The summed E-state index contributed by atoms with van der Waals surface area (Å²) >= 11 is 5.89. The number of rotatable bonds is 8. The Morgan fingerprint density at radius 2 is 1.94 bits per heavy atom. The number of carbonyl (C=O) groups is 1. The first-order valence-electron chi connectivity index (χ1n) is 11.5. The SMILES string of the molecule is CC(C)(C)OC(=O)N1CCCN(c2ccc(OCC(O)CCn3cc([N+](=O)[O-])nc3Cl)cc2)CC1. The molecule has 0 saturated carbocycles. The van der Waals surface area contributed by atoms with Crippen molar-refractivity contribution in [1.29, 1.82) is 0 Å². The number of anilines is 1. The number of ether oxygens (including phenoxy) is 2. The van der Waals surface area contributed by atoms with Gasteiger partial charge in [0.15, 0.2) is 0 Å². The average molecular weight is 510 g/mol. The molecule has 0 radical (unpaired) electrons. The highest BCUT2D eigenvalue weighted by Gasteiger charge is 2.24. The van der Waals surface area contributed by atoms with Crippen molar-refractivity contribution in [1.82, 2.24) is 14.5 Å². The van der Waals surface area contributed by atoms with Gasteiger partial charge in [0, 0.05) is 38.4 Å². The van der Waals surface area contributed by atoms with Gasteiger partial charge >= 0.3 is 17.2 Å². The van der Waals surface area contributed by atoms with Gasteiger partial charge in [0.05, 0.1) is 6.10 Å². The molecule has 0 aliphatic carbocycles. The molecule has 1 atom stereocenters. The molecular formula is C23H32ClN5O6. The molecule has 3 rings (SSSR count). The number of halogens is 1. The summed E-state index contributed by atoms with van der Waals surface area (Å²) in [4.78, 5) is 30.1. The topological polar surface area (TPSA) is 123 Å². The maximum absolute atomic E-state index is 12.4. The summed E-state index contributed by atoms with van der Waals surface area (Å²) in [6.45, 7) is 8.70. The zero-order valence-corrected chi connectivity index (χ0v) is 21.0. The second-order valence-electron chi connectivity index (χ2n) is 9.37. The number of carbonyl (C=O) groups excluding carboxylic acids is 1. The van der Waals surface area contributed by atoms with Crippen LogP contribution in [0.3, 0.4) is 0 Å². The lowest BCUT2D eigenvalue weighted by Gasteiger charge is -2.27. The predicted octanol–water partition coefficient (Wildman–Crippen LogP) is 3.72. The van der Waals surface area contributed by atoms with Gasteiger partial charge < -0.3 is 34.5 Å². The van der Waals surface area contributed by atoms with Gasteiger partial charge in [-0.1, -0.05) is 0 Å². The summed E-state index contributed by atoms with van der Waals surface area (Å²) < 4.78 is 12.6. The number of hydrogen-bond acceptors (Lipinski definition) is 8. The summed E-state index contributed by atoms with van der Waals surface area (Å²) in [5.41, 5.74) is 0.514. The molecular weight excluding hydrogens is 478 g/mol. The van der Waals surface area contributed by atoms with Crippen molar-refractivity contribution in [3.05, 3.63) is 45.9 Å². The van der Waals surface area contributed by atoms with Crippen LogP contribution < -0.4 is 9.64 Å². The van der Waals surface area contributed by atoms with E-state index < -0.39 is 16.6 Å². The Kier molecular flexibility index (Phi) is 8.79. The Labute approximate surface area is 209 Å². The minimum Gasteiger partial charge on any atom is -0.491 e. The highest BCUT2D eigenvalue weighted by Crippen LogP contribution is 2.22. The fourth-order valence-electron chi connectivity index (χ4n) is 3.63. The van der Waals surface area contributed by atoms with E-state index >= 15 is 0 Å². The van der Waals surface area contributed by atoms with Crippen molar-refractivity contribution in [2.24, 2.45) is 0 Å². The number of nitro groups is 1. The Morgan fingerprint density at radius 1 is 1.23 bits per heavy atom. The Hall–Kier alpha value is -3.05. The number of aromatic nitrogens is 2. The van der Waals surface area contributed by atoms with E-state index in [1.165, 1.54) is 10.8 Å². The van der Waals surface area contributed by atoms with Crippen molar-refractivity contribution >= 4 is 29.2 Å². The van der Waals surface area contributed by atoms with Gasteiger partial charge in [-0.15, -0.1) is 0 Å². The van der Waals surface area contributed by atoms with Crippen molar-refractivity contribution < 1.29 is 24.3 Å². The molecule has 1 aliphatic heterocycles. The fraction of sp³-hybridized carbons (Fsp3) is 0.565. The first-order valence-corrected chi connectivity index (χ1v) is 11.9. The molecule has 1 N–H and O–H groups in total. The molecule has 0 bridgehead atoms. The molecule has 2 heterocycles. The fourth-order valence-corrected chi connectivity index (χ4v) is 3.85. The third-order valence-corrected chi connectivity index (χ3v) is 5.70. The number of benzene rings is 1. The summed E-state index contributed by atoms with van der Waals surface area (Å²) in [6, 6.07) is 7.59. The van der Waals surface area contributed by atoms with E-state index in [1.54, 1.807) is 4.90 Å². The minimum atomic E-state index is -0.781. The zero-order valence-electron chi connectivity index (χ0n) is 20.2. The summed E-state index contributed by atoms with van der Waals surface area (Å²) in [5.74, 6) is 0.289. The number of nitrogens with zero attached hydrogens (tertiary/aromatic N) is 5. The van der Waals surface area contributed by atoms with E-state index in [-0.39, 0.29) is 30.3 Å². The van der Waals surface area contributed by atoms with Crippen molar-refractivity contribution in [2.45, 2.75) is 51.9 Å². The molecule has 1 unspecified atom stereocenters. The normalized spacial score (nSPS) is 15.5. The van der Waals surface area contributed by atoms with Crippen LogP contribution in [-0.2, 0) is 11.3 Å². The number of aliphatic hydroxyl groups is 1. The van der Waals surface area contributed by atoms with Crippen LogP contribution in [0.15, 0.2) is 30.5 Å². The van der Waals surface area contributed by atoms with Gasteiger partial charge in [0.1, 0.15) is 24.2 Å². The number of aryl methyl sites for hydroxylation is 1. The molecule has 1 saturated heterocycles. The van der Waals surface area contributed by atoms with Crippen LogP contribution in [0.1, 0.15) is 33.6 Å². The number of aliphatic hydroxyl groups excluding tert-OH is 1. The zero-order chi connectivity index (χ0) is 25.6. The molecule has 1 aromatic heterocycles.